The first-order chi connectivity index (χ1) is 14.5. The van der Waals surface area contributed by atoms with Gasteiger partial charge < -0.3 is 20.3 Å². The van der Waals surface area contributed by atoms with Gasteiger partial charge in [0.05, 0.1) is 12.6 Å². The number of ether oxygens (including phenoxy) is 1. The Bertz CT molecular complexity index is 846. The zero-order valence-electron chi connectivity index (χ0n) is 16.4. The molecule has 0 saturated carbocycles. The van der Waals surface area contributed by atoms with Gasteiger partial charge in [0.1, 0.15) is 22.7 Å². The minimum Gasteiger partial charge on any atom is -0.368 e. The minimum atomic E-state index is -4.54. The number of amides is 3. The second-order valence-electron chi connectivity index (χ2n) is 7.55. The van der Waals surface area contributed by atoms with Gasteiger partial charge in [0.25, 0.3) is 0 Å². The average Bonchev–Trinajstić information content (AvgIpc) is 2.72. The molecule has 3 amide bonds. The molecule has 0 bridgehead atoms. The van der Waals surface area contributed by atoms with Crippen LogP contribution in [0.3, 0.4) is 0 Å². The standard InChI is InChI=1S/C19H21ClF5N3O3/c1-9-17(29)26-6-7-28(9)18(30)27-16(11-3-4-12(21)14(20)15(11)22)10-2-5-13(31-8-10)19(23,24)25/h3-4,9-10,13,16H,2,5-8H2,1H3,(H,26,29)(H,27,30)/t9-,10+,13-,16+/m1/s1. The van der Waals surface area contributed by atoms with Gasteiger partial charge in [-0.3, -0.25) is 4.79 Å². The van der Waals surface area contributed by atoms with Crippen LogP contribution in [0.15, 0.2) is 12.1 Å². The summed E-state index contributed by atoms with van der Waals surface area (Å²) < 4.78 is 72.1. The Labute approximate surface area is 180 Å². The summed E-state index contributed by atoms with van der Waals surface area (Å²) in [6, 6.07) is -0.640. The Morgan fingerprint density at radius 1 is 1.32 bits per heavy atom. The van der Waals surface area contributed by atoms with Crippen molar-refractivity contribution in [3.8, 4) is 0 Å². The van der Waals surface area contributed by atoms with E-state index in [4.69, 9.17) is 16.3 Å². The van der Waals surface area contributed by atoms with Crippen molar-refractivity contribution in [2.75, 3.05) is 19.7 Å². The molecule has 2 N–H and O–H groups in total. The highest BCUT2D eigenvalue weighted by molar-refractivity contribution is 6.31. The number of piperazine rings is 1. The van der Waals surface area contributed by atoms with E-state index in [2.05, 4.69) is 10.6 Å². The number of hydrogen-bond acceptors (Lipinski definition) is 3. The molecule has 2 heterocycles. The highest BCUT2D eigenvalue weighted by Gasteiger charge is 2.45. The van der Waals surface area contributed by atoms with Crippen molar-refractivity contribution >= 4 is 23.5 Å². The molecule has 0 spiro atoms. The Balaban J connectivity index is 1.86. The van der Waals surface area contributed by atoms with Crippen LogP contribution < -0.4 is 10.6 Å². The first-order valence-corrected chi connectivity index (χ1v) is 10.0. The normalized spacial score (nSPS) is 25.7. The molecule has 4 atom stereocenters. The summed E-state index contributed by atoms with van der Waals surface area (Å²) in [5, 5.41) is 4.41. The number of halogens is 6. The van der Waals surface area contributed by atoms with E-state index in [1.165, 1.54) is 11.8 Å². The molecule has 2 aliphatic rings. The fourth-order valence-electron chi connectivity index (χ4n) is 3.80. The fraction of sp³-hybridized carbons (Fsp3) is 0.579. The number of rotatable bonds is 3. The molecule has 1 aromatic carbocycles. The van der Waals surface area contributed by atoms with Gasteiger partial charge in [-0.2, -0.15) is 13.2 Å². The van der Waals surface area contributed by atoms with Gasteiger partial charge >= 0.3 is 12.2 Å². The van der Waals surface area contributed by atoms with Crippen LogP contribution in [-0.2, 0) is 9.53 Å². The molecule has 1 aromatic rings. The van der Waals surface area contributed by atoms with E-state index in [1.54, 1.807) is 0 Å². The Hall–Kier alpha value is -2.14. The van der Waals surface area contributed by atoms with Gasteiger partial charge in [-0.05, 0) is 25.8 Å². The lowest BCUT2D eigenvalue weighted by Gasteiger charge is -2.38. The number of carbonyl (C=O) groups excluding carboxylic acids is 2. The first kappa shape index (κ1) is 23.5. The maximum Gasteiger partial charge on any atom is 0.414 e. The van der Waals surface area contributed by atoms with Crippen molar-refractivity contribution in [1.82, 2.24) is 15.5 Å². The predicted octanol–water partition coefficient (Wildman–Crippen LogP) is 3.55. The summed E-state index contributed by atoms with van der Waals surface area (Å²) >= 11 is 5.67. The maximum absolute atomic E-state index is 14.7. The number of hydrogen-bond donors (Lipinski definition) is 2. The molecule has 6 nitrogen and oxygen atoms in total. The Kier molecular flexibility index (Phi) is 6.95. The summed E-state index contributed by atoms with van der Waals surface area (Å²) in [6.07, 6.45) is -6.89. The van der Waals surface area contributed by atoms with Crippen LogP contribution in [0.25, 0.3) is 0 Å². The molecule has 12 heteroatoms. The van der Waals surface area contributed by atoms with Gasteiger partial charge in [-0.1, -0.05) is 17.7 Å². The summed E-state index contributed by atoms with van der Waals surface area (Å²) in [6.45, 7) is 1.52. The van der Waals surface area contributed by atoms with Crippen LogP contribution in [0.5, 0.6) is 0 Å². The topological polar surface area (TPSA) is 70.7 Å². The highest BCUT2D eigenvalue weighted by Crippen LogP contribution is 2.38. The number of alkyl halides is 3. The predicted molar refractivity (Wildman–Crippen MR) is 100 cm³/mol. The van der Waals surface area contributed by atoms with Crippen LogP contribution in [0.4, 0.5) is 26.7 Å². The van der Waals surface area contributed by atoms with Gasteiger partial charge in [0, 0.05) is 24.6 Å². The summed E-state index contributed by atoms with van der Waals surface area (Å²) in [7, 11) is 0. The third-order valence-corrected chi connectivity index (χ3v) is 5.93. The molecule has 2 saturated heterocycles. The number of nitrogens with zero attached hydrogens (tertiary/aromatic N) is 1. The molecule has 0 unspecified atom stereocenters. The van der Waals surface area contributed by atoms with Crippen molar-refractivity contribution in [1.29, 1.82) is 0 Å². The van der Waals surface area contributed by atoms with Gasteiger partial charge in [-0.15, -0.1) is 0 Å². The molecular weight excluding hydrogens is 449 g/mol. The molecule has 0 aliphatic carbocycles. The summed E-state index contributed by atoms with van der Waals surface area (Å²) in [4.78, 5) is 25.9. The second kappa shape index (κ2) is 9.15. The molecule has 0 radical (unpaired) electrons. The highest BCUT2D eigenvalue weighted by atomic mass is 35.5. The Morgan fingerprint density at radius 3 is 2.65 bits per heavy atom. The number of carbonyl (C=O) groups is 2. The SMILES string of the molecule is C[C@@H]1C(=O)NCCN1C(=O)N[C@H](c1ccc(F)c(Cl)c1F)[C@H]1CC[C@H](C(F)(F)F)OC1. The number of benzene rings is 1. The van der Waals surface area contributed by atoms with E-state index in [1.807, 2.05) is 0 Å². The van der Waals surface area contributed by atoms with Gasteiger partial charge in [0.15, 0.2) is 6.10 Å². The largest absolute Gasteiger partial charge is 0.414 e. The molecular formula is C19H21ClF5N3O3. The summed E-state index contributed by atoms with van der Waals surface area (Å²) in [5.74, 6) is -3.23. The maximum atomic E-state index is 14.7. The zero-order valence-corrected chi connectivity index (χ0v) is 17.2. The zero-order chi connectivity index (χ0) is 22.9. The average molecular weight is 470 g/mol. The first-order valence-electron chi connectivity index (χ1n) is 9.67. The van der Waals surface area contributed by atoms with Gasteiger partial charge in [0.2, 0.25) is 5.91 Å². The van der Waals surface area contributed by atoms with Crippen molar-refractivity contribution in [3.05, 3.63) is 34.4 Å². The molecule has 2 aliphatic heterocycles. The monoisotopic (exact) mass is 469 g/mol. The van der Waals surface area contributed by atoms with Crippen LogP contribution >= 0.6 is 11.6 Å². The third-order valence-electron chi connectivity index (χ3n) is 5.59. The van der Waals surface area contributed by atoms with E-state index < -0.39 is 59.6 Å². The van der Waals surface area contributed by atoms with E-state index in [9.17, 15) is 31.5 Å². The smallest absolute Gasteiger partial charge is 0.368 e. The van der Waals surface area contributed by atoms with Crippen LogP contribution in [0.1, 0.15) is 31.4 Å². The molecule has 0 aromatic heterocycles. The molecule has 2 fully saturated rings. The van der Waals surface area contributed by atoms with Crippen molar-refractivity contribution in [3.63, 3.8) is 0 Å². The fourth-order valence-corrected chi connectivity index (χ4v) is 3.97. The van der Waals surface area contributed by atoms with Gasteiger partial charge in [-0.25, -0.2) is 13.6 Å². The lowest BCUT2D eigenvalue weighted by atomic mass is 9.86. The van der Waals surface area contributed by atoms with Crippen LogP contribution in [-0.4, -0.2) is 54.9 Å². The van der Waals surface area contributed by atoms with Crippen LogP contribution in [0.2, 0.25) is 5.02 Å². The van der Waals surface area contributed by atoms with E-state index in [-0.39, 0.29) is 37.4 Å². The number of nitrogens with one attached hydrogen (secondary N) is 2. The quantitative estimate of drug-likeness (QED) is 0.525. The van der Waals surface area contributed by atoms with E-state index in [0.717, 1.165) is 12.1 Å². The van der Waals surface area contributed by atoms with E-state index in [0.29, 0.717) is 0 Å². The summed E-state index contributed by atoms with van der Waals surface area (Å²) in [5.41, 5.74) is -0.173. The lowest BCUT2D eigenvalue weighted by Crippen LogP contribution is -2.59. The van der Waals surface area contributed by atoms with E-state index >= 15 is 0 Å². The van der Waals surface area contributed by atoms with Crippen LogP contribution in [0, 0.1) is 17.6 Å². The Morgan fingerprint density at radius 2 is 2.03 bits per heavy atom. The number of urea groups is 1. The minimum absolute atomic E-state index is 0.0282. The van der Waals surface area contributed by atoms with Crippen molar-refractivity contribution < 1.29 is 36.3 Å². The molecule has 31 heavy (non-hydrogen) atoms. The molecule has 3 rings (SSSR count). The lowest BCUT2D eigenvalue weighted by molar-refractivity contribution is -0.236. The third kappa shape index (κ3) is 5.03. The van der Waals surface area contributed by atoms with Crippen molar-refractivity contribution in [2.24, 2.45) is 5.92 Å². The van der Waals surface area contributed by atoms with Crippen molar-refractivity contribution in [2.45, 2.75) is 44.1 Å². The molecule has 172 valence electrons. The second-order valence-corrected chi connectivity index (χ2v) is 7.93.